The Morgan fingerprint density at radius 2 is 2.38 bits per heavy atom. The van der Waals surface area contributed by atoms with E-state index in [1.807, 2.05) is 23.3 Å². The van der Waals surface area contributed by atoms with Gasteiger partial charge in [-0.15, -0.1) is 11.3 Å². The minimum atomic E-state index is 0.145. The van der Waals surface area contributed by atoms with Crippen LogP contribution in [-0.4, -0.2) is 52.6 Å². The summed E-state index contributed by atoms with van der Waals surface area (Å²) in [5, 5.41) is 5.93. The quantitative estimate of drug-likeness (QED) is 0.864. The number of nitrogens with one attached hydrogen (secondary N) is 1. The zero-order valence-corrected chi connectivity index (χ0v) is 14.7. The molecular formula is C16H21N5O2S. The van der Waals surface area contributed by atoms with Crippen LogP contribution in [0.3, 0.4) is 0 Å². The molecule has 1 unspecified atom stereocenters. The number of amides is 1. The van der Waals surface area contributed by atoms with Crippen LogP contribution in [0, 0.1) is 6.92 Å². The fourth-order valence-corrected chi connectivity index (χ4v) is 3.37. The fraction of sp³-hybridized carbons (Fsp3) is 0.500. The average molecular weight is 347 g/mol. The normalized spacial score (nSPS) is 17.2. The van der Waals surface area contributed by atoms with Crippen molar-refractivity contribution < 1.29 is 9.53 Å². The van der Waals surface area contributed by atoms with Crippen molar-refractivity contribution in [2.24, 2.45) is 0 Å². The lowest BCUT2D eigenvalue weighted by molar-refractivity contribution is -0.131. The predicted octanol–water partition coefficient (Wildman–Crippen LogP) is 2.34. The molecule has 0 aromatic carbocycles. The molecule has 1 fully saturated rings. The summed E-state index contributed by atoms with van der Waals surface area (Å²) in [6.07, 6.45) is 3.11. The maximum absolute atomic E-state index is 12.1. The molecule has 128 valence electrons. The molecule has 0 aliphatic carbocycles. The number of rotatable bonds is 6. The Kier molecular flexibility index (Phi) is 5.37. The monoisotopic (exact) mass is 347 g/mol. The molecule has 1 amide bonds. The number of likely N-dealkylation sites (tertiary alicyclic amines) is 1. The number of aryl methyl sites for hydroxylation is 1. The van der Waals surface area contributed by atoms with Crippen LogP contribution in [0.5, 0.6) is 0 Å². The summed E-state index contributed by atoms with van der Waals surface area (Å²) in [6, 6.07) is 1.96. The van der Waals surface area contributed by atoms with E-state index in [0.29, 0.717) is 19.6 Å². The zero-order chi connectivity index (χ0) is 16.9. The Balaban J connectivity index is 1.68. The number of thiazole rings is 1. The van der Waals surface area contributed by atoms with Crippen LogP contribution in [-0.2, 0) is 9.53 Å². The first kappa shape index (κ1) is 16.8. The minimum Gasteiger partial charge on any atom is -0.384 e. The van der Waals surface area contributed by atoms with E-state index in [2.05, 4.69) is 20.3 Å². The van der Waals surface area contributed by atoms with Crippen molar-refractivity contribution in [1.29, 1.82) is 0 Å². The third-order valence-corrected chi connectivity index (χ3v) is 4.69. The van der Waals surface area contributed by atoms with E-state index in [1.165, 1.54) is 11.3 Å². The molecule has 8 heteroatoms. The smallest absolute Gasteiger partial charge is 0.224 e. The van der Waals surface area contributed by atoms with Gasteiger partial charge < -0.3 is 15.0 Å². The number of carbonyl (C=O) groups is 1. The molecule has 2 aromatic rings. The number of nitrogens with zero attached hydrogens (tertiary/aromatic N) is 4. The van der Waals surface area contributed by atoms with Crippen molar-refractivity contribution in [3.05, 3.63) is 29.2 Å². The number of anilines is 2. The lowest BCUT2D eigenvalue weighted by Gasteiger charge is -2.16. The number of hydrogen-bond donors (Lipinski definition) is 1. The second-order valence-corrected chi connectivity index (χ2v) is 6.65. The van der Waals surface area contributed by atoms with E-state index in [4.69, 9.17) is 4.74 Å². The highest BCUT2D eigenvalue weighted by Gasteiger charge is 2.28. The van der Waals surface area contributed by atoms with Gasteiger partial charge in [0, 0.05) is 43.8 Å². The standard InChI is InChI=1S/C16H21N5O2S/c1-11-18-13(9-14(19-11)20-16-17-5-8-24-16)12-3-6-21(10-12)15(22)4-7-23-2/h5,8-9,12H,3-4,6-7,10H2,1-2H3,(H,17,18,19,20). The van der Waals surface area contributed by atoms with Gasteiger partial charge in [0.2, 0.25) is 5.91 Å². The number of ether oxygens (including phenoxy) is 1. The van der Waals surface area contributed by atoms with Gasteiger partial charge in [0.15, 0.2) is 5.13 Å². The van der Waals surface area contributed by atoms with Crippen LogP contribution in [0.25, 0.3) is 0 Å². The second-order valence-electron chi connectivity index (χ2n) is 5.76. The van der Waals surface area contributed by atoms with Crippen LogP contribution in [0.15, 0.2) is 17.6 Å². The first-order chi connectivity index (χ1) is 11.7. The molecule has 1 atom stereocenters. The zero-order valence-electron chi connectivity index (χ0n) is 13.9. The Morgan fingerprint density at radius 3 is 3.12 bits per heavy atom. The van der Waals surface area contributed by atoms with Crippen molar-refractivity contribution in [2.45, 2.75) is 25.7 Å². The topological polar surface area (TPSA) is 80.2 Å². The number of carbonyl (C=O) groups excluding carboxylic acids is 1. The Labute approximate surface area is 145 Å². The molecular weight excluding hydrogens is 326 g/mol. The van der Waals surface area contributed by atoms with Gasteiger partial charge in [-0.05, 0) is 13.3 Å². The van der Waals surface area contributed by atoms with Gasteiger partial charge in [-0.25, -0.2) is 15.0 Å². The van der Waals surface area contributed by atoms with Crippen molar-refractivity contribution >= 4 is 28.2 Å². The summed E-state index contributed by atoms with van der Waals surface area (Å²) in [7, 11) is 1.61. The van der Waals surface area contributed by atoms with E-state index in [0.717, 1.165) is 35.4 Å². The van der Waals surface area contributed by atoms with E-state index >= 15 is 0 Å². The highest BCUT2D eigenvalue weighted by molar-refractivity contribution is 7.13. The molecule has 0 radical (unpaired) electrons. The third kappa shape index (κ3) is 4.07. The highest BCUT2D eigenvalue weighted by atomic mass is 32.1. The summed E-state index contributed by atoms with van der Waals surface area (Å²) in [4.78, 5) is 27.2. The van der Waals surface area contributed by atoms with E-state index in [-0.39, 0.29) is 11.8 Å². The first-order valence-electron chi connectivity index (χ1n) is 7.94. The predicted molar refractivity (Wildman–Crippen MR) is 92.6 cm³/mol. The van der Waals surface area contributed by atoms with Crippen molar-refractivity contribution in [1.82, 2.24) is 19.9 Å². The van der Waals surface area contributed by atoms with Gasteiger partial charge in [-0.3, -0.25) is 4.79 Å². The molecule has 2 aromatic heterocycles. The fourth-order valence-electron chi connectivity index (χ4n) is 2.83. The van der Waals surface area contributed by atoms with Crippen molar-refractivity contribution in [3.63, 3.8) is 0 Å². The van der Waals surface area contributed by atoms with Gasteiger partial charge in [-0.2, -0.15) is 0 Å². The number of methoxy groups -OCH3 is 1. The van der Waals surface area contributed by atoms with Gasteiger partial charge in [0.25, 0.3) is 0 Å². The summed E-state index contributed by atoms with van der Waals surface area (Å²) >= 11 is 1.53. The molecule has 1 saturated heterocycles. The van der Waals surface area contributed by atoms with Crippen molar-refractivity contribution in [3.8, 4) is 0 Å². The number of aromatic nitrogens is 3. The molecule has 0 bridgehead atoms. The van der Waals surface area contributed by atoms with Crippen LogP contribution >= 0.6 is 11.3 Å². The van der Waals surface area contributed by atoms with Crippen LogP contribution in [0.1, 0.15) is 30.3 Å². The SMILES string of the molecule is COCCC(=O)N1CCC(c2cc(Nc3nccs3)nc(C)n2)C1. The third-order valence-electron chi connectivity index (χ3n) is 4.00. The maximum atomic E-state index is 12.1. The molecule has 0 spiro atoms. The number of hydrogen-bond acceptors (Lipinski definition) is 7. The molecule has 7 nitrogen and oxygen atoms in total. The Hall–Kier alpha value is -2.06. The highest BCUT2D eigenvalue weighted by Crippen LogP contribution is 2.28. The molecule has 1 N–H and O–H groups in total. The molecule has 3 heterocycles. The summed E-state index contributed by atoms with van der Waals surface area (Å²) in [5.41, 5.74) is 0.976. The molecule has 0 saturated carbocycles. The summed E-state index contributed by atoms with van der Waals surface area (Å²) in [6.45, 7) is 3.82. The van der Waals surface area contributed by atoms with Crippen LogP contribution in [0.4, 0.5) is 10.9 Å². The Morgan fingerprint density at radius 1 is 1.50 bits per heavy atom. The minimum absolute atomic E-state index is 0.145. The van der Waals surface area contributed by atoms with E-state index < -0.39 is 0 Å². The lowest BCUT2D eigenvalue weighted by Crippen LogP contribution is -2.29. The van der Waals surface area contributed by atoms with Gasteiger partial charge >= 0.3 is 0 Å². The molecule has 24 heavy (non-hydrogen) atoms. The van der Waals surface area contributed by atoms with Crippen LogP contribution in [0.2, 0.25) is 0 Å². The van der Waals surface area contributed by atoms with E-state index in [1.54, 1.807) is 13.3 Å². The van der Waals surface area contributed by atoms with Gasteiger partial charge in [-0.1, -0.05) is 0 Å². The lowest BCUT2D eigenvalue weighted by atomic mass is 10.0. The van der Waals surface area contributed by atoms with E-state index in [9.17, 15) is 4.79 Å². The van der Waals surface area contributed by atoms with Crippen LogP contribution < -0.4 is 5.32 Å². The molecule has 1 aliphatic heterocycles. The summed E-state index contributed by atoms with van der Waals surface area (Å²) in [5.74, 6) is 1.86. The van der Waals surface area contributed by atoms with Crippen molar-refractivity contribution in [2.75, 3.05) is 32.1 Å². The Bertz CT molecular complexity index is 692. The molecule has 1 aliphatic rings. The largest absolute Gasteiger partial charge is 0.384 e. The first-order valence-corrected chi connectivity index (χ1v) is 8.82. The van der Waals surface area contributed by atoms with Gasteiger partial charge in [0.05, 0.1) is 18.7 Å². The summed E-state index contributed by atoms with van der Waals surface area (Å²) < 4.78 is 4.98. The molecule has 3 rings (SSSR count). The second kappa shape index (κ2) is 7.67. The van der Waals surface area contributed by atoms with Gasteiger partial charge in [0.1, 0.15) is 11.6 Å². The average Bonchev–Trinajstić information content (AvgIpc) is 3.23. The maximum Gasteiger partial charge on any atom is 0.224 e.